The molecule has 1 unspecified atom stereocenters. The van der Waals surface area contributed by atoms with Gasteiger partial charge in [0.1, 0.15) is 11.2 Å². The Hall–Kier alpha value is -2.06. The summed E-state index contributed by atoms with van der Waals surface area (Å²) in [5, 5.41) is 15.9. The number of hydrogen-bond donors (Lipinski definition) is 1. The first-order chi connectivity index (χ1) is 10.1. The third kappa shape index (κ3) is 2.86. The second-order valence-electron chi connectivity index (χ2n) is 4.53. The van der Waals surface area contributed by atoms with Crippen LogP contribution in [0.1, 0.15) is 32.4 Å². The average molecular weight is 319 g/mol. The second kappa shape index (κ2) is 5.74. The van der Waals surface area contributed by atoms with Crippen LogP contribution >= 0.6 is 22.7 Å². The first-order valence-electron chi connectivity index (χ1n) is 6.33. The van der Waals surface area contributed by atoms with E-state index in [2.05, 4.69) is 33.8 Å². The fourth-order valence-electron chi connectivity index (χ4n) is 1.94. The van der Waals surface area contributed by atoms with Crippen molar-refractivity contribution in [3.8, 4) is 5.69 Å². The molecule has 3 heterocycles. The van der Waals surface area contributed by atoms with E-state index in [-0.39, 0.29) is 11.9 Å². The Balaban J connectivity index is 1.79. The van der Waals surface area contributed by atoms with Crippen molar-refractivity contribution in [3.63, 3.8) is 0 Å². The summed E-state index contributed by atoms with van der Waals surface area (Å²) in [6.07, 6.45) is 1.48. The van der Waals surface area contributed by atoms with Gasteiger partial charge in [-0.25, -0.2) is 0 Å². The maximum atomic E-state index is 12.4. The van der Waals surface area contributed by atoms with E-state index in [1.807, 2.05) is 24.4 Å². The topological polar surface area (TPSA) is 72.7 Å². The predicted molar refractivity (Wildman–Crippen MR) is 82.0 cm³/mol. The van der Waals surface area contributed by atoms with Crippen molar-refractivity contribution in [1.82, 2.24) is 25.5 Å². The monoisotopic (exact) mass is 319 g/mol. The van der Waals surface area contributed by atoms with Crippen molar-refractivity contribution in [1.29, 1.82) is 0 Å². The Kier molecular flexibility index (Phi) is 3.80. The van der Waals surface area contributed by atoms with Crippen LogP contribution in [0.15, 0.2) is 29.9 Å². The van der Waals surface area contributed by atoms with Crippen molar-refractivity contribution in [2.75, 3.05) is 0 Å². The molecule has 0 spiro atoms. The summed E-state index contributed by atoms with van der Waals surface area (Å²) >= 11 is 3.06. The van der Waals surface area contributed by atoms with Gasteiger partial charge in [-0.3, -0.25) is 4.79 Å². The smallest absolute Gasteiger partial charge is 0.264 e. The van der Waals surface area contributed by atoms with E-state index < -0.39 is 0 Å². The molecule has 3 aromatic heterocycles. The van der Waals surface area contributed by atoms with Gasteiger partial charge < -0.3 is 5.32 Å². The lowest BCUT2D eigenvalue weighted by atomic mass is 10.2. The quantitative estimate of drug-likeness (QED) is 0.802. The van der Waals surface area contributed by atoms with Gasteiger partial charge in [-0.2, -0.15) is 4.68 Å². The molecule has 0 aliphatic heterocycles. The number of carbonyl (C=O) groups is 1. The number of nitrogens with one attached hydrogen (secondary N) is 1. The van der Waals surface area contributed by atoms with Gasteiger partial charge in [0, 0.05) is 9.75 Å². The number of amides is 1. The van der Waals surface area contributed by atoms with Crippen molar-refractivity contribution < 1.29 is 4.79 Å². The molecule has 3 rings (SSSR count). The molecule has 1 N–H and O–H groups in total. The second-order valence-corrected chi connectivity index (χ2v) is 6.77. The molecule has 0 aliphatic carbocycles. The van der Waals surface area contributed by atoms with Crippen molar-refractivity contribution in [2.45, 2.75) is 19.9 Å². The summed E-state index contributed by atoms with van der Waals surface area (Å²) in [4.78, 5) is 15.4. The van der Waals surface area contributed by atoms with Gasteiger partial charge in [-0.1, -0.05) is 0 Å². The molecule has 21 heavy (non-hydrogen) atoms. The third-order valence-electron chi connectivity index (χ3n) is 2.98. The number of carbonyl (C=O) groups excluding carboxylic acids is 1. The van der Waals surface area contributed by atoms with E-state index in [0.29, 0.717) is 10.6 Å². The lowest BCUT2D eigenvalue weighted by Crippen LogP contribution is -2.26. The summed E-state index contributed by atoms with van der Waals surface area (Å²) in [7, 11) is 0. The van der Waals surface area contributed by atoms with Crippen LogP contribution in [-0.2, 0) is 0 Å². The number of rotatable bonds is 4. The van der Waals surface area contributed by atoms with Crippen molar-refractivity contribution >= 4 is 28.6 Å². The normalized spacial score (nSPS) is 12.3. The average Bonchev–Trinajstić information content (AvgIpc) is 3.19. The summed E-state index contributed by atoms with van der Waals surface area (Å²) in [5.41, 5.74) is 0.692. The number of nitrogens with zero attached hydrogens (tertiary/aromatic N) is 4. The highest BCUT2D eigenvalue weighted by Gasteiger charge is 2.18. The minimum Gasteiger partial charge on any atom is -0.344 e. The standard InChI is InChI=1S/C13H13N5OS2/c1-8-3-4-11(21-8)9(2)15-13(19)12-10(5-6-20-12)18-7-14-16-17-18/h3-7,9H,1-2H3,(H,15,19). The molecule has 0 radical (unpaired) electrons. The first-order valence-corrected chi connectivity index (χ1v) is 8.03. The maximum Gasteiger partial charge on any atom is 0.264 e. The van der Waals surface area contributed by atoms with E-state index in [9.17, 15) is 4.79 Å². The molecular weight excluding hydrogens is 306 g/mol. The number of thiophene rings is 2. The van der Waals surface area contributed by atoms with Crippen molar-refractivity contribution in [3.05, 3.63) is 44.5 Å². The minimum atomic E-state index is -0.117. The van der Waals surface area contributed by atoms with E-state index in [4.69, 9.17) is 0 Å². The largest absolute Gasteiger partial charge is 0.344 e. The van der Waals surface area contributed by atoms with E-state index in [0.717, 1.165) is 4.88 Å². The zero-order chi connectivity index (χ0) is 14.8. The van der Waals surface area contributed by atoms with E-state index in [1.165, 1.54) is 27.2 Å². The van der Waals surface area contributed by atoms with Crippen LogP contribution in [-0.4, -0.2) is 26.1 Å². The maximum absolute atomic E-state index is 12.4. The fraction of sp³-hybridized carbons (Fsp3) is 0.231. The molecule has 1 atom stereocenters. The fourth-order valence-corrected chi connectivity index (χ4v) is 3.60. The van der Waals surface area contributed by atoms with E-state index >= 15 is 0 Å². The Morgan fingerprint density at radius 3 is 2.90 bits per heavy atom. The Morgan fingerprint density at radius 2 is 2.24 bits per heavy atom. The summed E-state index contributed by atoms with van der Waals surface area (Å²) < 4.78 is 1.49. The SMILES string of the molecule is Cc1ccc(C(C)NC(=O)c2sccc2-n2cnnn2)s1. The van der Waals surface area contributed by atoms with Crippen LogP contribution in [0.4, 0.5) is 0 Å². The van der Waals surface area contributed by atoms with Gasteiger partial charge >= 0.3 is 0 Å². The Bertz CT molecular complexity index is 746. The van der Waals surface area contributed by atoms with Gasteiger partial charge in [0.15, 0.2) is 0 Å². The number of aromatic nitrogens is 4. The van der Waals surface area contributed by atoms with Crippen LogP contribution in [0.5, 0.6) is 0 Å². The Labute approximate surface area is 129 Å². The lowest BCUT2D eigenvalue weighted by molar-refractivity contribution is 0.0944. The molecule has 1 amide bonds. The van der Waals surface area contributed by atoms with Crippen LogP contribution in [0, 0.1) is 6.92 Å². The summed E-state index contributed by atoms with van der Waals surface area (Å²) in [6.45, 7) is 4.03. The highest BCUT2D eigenvalue weighted by atomic mass is 32.1. The van der Waals surface area contributed by atoms with Gasteiger partial charge in [0.25, 0.3) is 5.91 Å². The molecule has 0 aromatic carbocycles. The van der Waals surface area contributed by atoms with Crippen LogP contribution < -0.4 is 5.32 Å². The van der Waals surface area contributed by atoms with Gasteiger partial charge in [-0.05, 0) is 47.9 Å². The zero-order valence-corrected chi connectivity index (χ0v) is 13.1. The lowest BCUT2D eigenvalue weighted by Gasteiger charge is -2.12. The highest BCUT2D eigenvalue weighted by molar-refractivity contribution is 7.12. The first kappa shape index (κ1) is 13.9. The van der Waals surface area contributed by atoms with Gasteiger partial charge in [0.2, 0.25) is 0 Å². The molecule has 108 valence electrons. The number of aryl methyl sites for hydroxylation is 1. The summed E-state index contributed by atoms with van der Waals surface area (Å²) in [5.74, 6) is -0.117. The Morgan fingerprint density at radius 1 is 1.38 bits per heavy atom. The van der Waals surface area contributed by atoms with Gasteiger partial charge in [0.05, 0.1) is 11.7 Å². The number of tetrazole rings is 1. The van der Waals surface area contributed by atoms with Crippen LogP contribution in [0.25, 0.3) is 5.69 Å². The number of hydrogen-bond acceptors (Lipinski definition) is 6. The van der Waals surface area contributed by atoms with Crippen LogP contribution in [0.2, 0.25) is 0 Å². The molecule has 0 fully saturated rings. The molecule has 3 aromatic rings. The molecule has 0 aliphatic rings. The van der Waals surface area contributed by atoms with Crippen LogP contribution in [0.3, 0.4) is 0 Å². The third-order valence-corrected chi connectivity index (χ3v) is 5.07. The summed E-state index contributed by atoms with van der Waals surface area (Å²) in [6, 6.07) is 5.90. The molecule has 0 bridgehead atoms. The molecule has 6 nitrogen and oxygen atoms in total. The molecular formula is C13H13N5OS2. The highest BCUT2D eigenvalue weighted by Crippen LogP contribution is 2.24. The molecule has 0 saturated heterocycles. The molecule has 0 saturated carbocycles. The van der Waals surface area contributed by atoms with E-state index in [1.54, 1.807) is 11.3 Å². The minimum absolute atomic E-state index is 0.0278. The van der Waals surface area contributed by atoms with Gasteiger partial charge in [-0.15, -0.1) is 27.8 Å². The van der Waals surface area contributed by atoms with Crippen molar-refractivity contribution in [2.24, 2.45) is 0 Å². The molecule has 8 heteroatoms. The zero-order valence-electron chi connectivity index (χ0n) is 11.5. The predicted octanol–water partition coefficient (Wildman–Crippen LogP) is 2.58.